The molecule has 0 unspecified atom stereocenters. The Hall–Kier alpha value is -1.07. The Morgan fingerprint density at radius 1 is 1.31 bits per heavy atom. The van der Waals surface area contributed by atoms with E-state index >= 15 is 0 Å². The van der Waals surface area contributed by atoms with Gasteiger partial charge in [0.2, 0.25) is 0 Å². The first-order valence-corrected chi connectivity index (χ1v) is 5.79. The van der Waals surface area contributed by atoms with Crippen molar-refractivity contribution in [3.05, 3.63) is 12.7 Å². The average molecular weight is 260 g/mol. The van der Waals surface area contributed by atoms with Gasteiger partial charge in [-0.25, -0.2) is 15.0 Å². The number of halogens is 2. The van der Waals surface area contributed by atoms with Gasteiger partial charge in [-0.3, -0.25) is 0 Å². The Morgan fingerprint density at radius 3 is 2.75 bits per heavy atom. The average Bonchev–Trinajstić information content (AvgIpc) is 2.78. The number of hydrogen-bond donors (Lipinski definition) is 2. The van der Waals surface area contributed by atoms with Crippen LogP contribution in [0.15, 0.2) is 12.7 Å². The lowest BCUT2D eigenvalue weighted by molar-refractivity contribution is 0.646. The molecule has 0 spiro atoms. The van der Waals surface area contributed by atoms with Crippen LogP contribution >= 0.6 is 23.2 Å². The van der Waals surface area contributed by atoms with E-state index in [9.17, 15) is 0 Å². The first kappa shape index (κ1) is 11.4. The van der Waals surface area contributed by atoms with Crippen molar-refractivity contribution in [3.63, 3.8) is 0 Å². The lowest BCUT2D eigenvalue weighted by Gasteiger charge is -2.26. The molecule has 0 radical (unpaired) electrons. The minimum atomic E-state index is -0.407. The van der Waals surface area contributed by atoms with Crippen molar-refractivity contribution >= 4 is 40.2 Å². The smallest absolute Gasteiger partial charge is 0.182 e. The second-order valence-corrected chi connectivity index (χ2v) is 4.31. The molecule has 2 aromatic rings. The second-order valence-electron chi connectivity index (χ2n) is 3.78. The fraction of sp³-hybridized carbons (Fsp3) is 0.444. The molecule has 0 aliphatic heterocycles. The summed E-state index contributed by atoms with van der Waals surface area (Å²) in [6.07, 6.45) is 3.03. The van der Waals surface area contributed by atoms with Gasteiger partial charge >= 0.3 is 0 Å². The van der Waals surface area contributed by atoms with Gasteiger partial charge in [0.1, 0.15) is 11.8 Å². The first-order chi connectivity index (χ1) is 7.68. The van der Waals surface area contributed by atoms with E-state index in [0.717, 1.165) is 5.52 Å². The summed E-state index contributed by atoms with van der Waals surface area (Å²) in [5, 5.41) is 3.20. The van der Waals surface area contributed by atoms with Crippen LogP contribution in [0, 0.1) is 0 Å². The number of hydrogen-bond acceptors (Lipinski definition) is 4. The number of rotatable bonds is 4. The standard InChI is InChI=1S/C9H11Cl2N5/c1-9(2-10,3-11)16-8-6-7(13-4-12-6)14-5-15-8/h4-5H,2-3H2,1H3,(H2,12,13,14,15,16). The zero-order chi connectivity index (χ0) is 11.6. The minimum Gasteiger partial charge on any atom is -0.361 e. The fourth-order valence-electron chi connectivity index (χ4n) is 1.25. The number of anilines is 1. The molecule has 2 rings (SSSR count). The fourth-order valence-corrected chi connectivity index (χ4v) is 1.67. The monoisotopic (exact) mass is 259 g/mol. The molecule has 2 heterocycles. The third-order valence-corrected chi connectivity index (χ3v) is 3.41. The molecule has 0 atom stereocenters. The summed E-state index contributed by atoms with van der Waals surface area (Å²) in [7, 11) is 0. The predicted molar refractivity (Wildman–Crippen MR) is 65.2 cm³/mol. The van der Waals surface area contributed by atoms with Gasteiger partial charge in [0, 0.05) is 11.8 Å². The van der Waals surface area contributed by atoms with Crippen LogP contribution in [0.5, 0.6) is 0 Å². The normalized spacial score (nSPS) is 11.9. The van der Waals surface area contributed by atoms with E-state index in [4.69, 9.17) is 23.2 Å². The maximum Gasteiger partial charge on any atom is 0.182 e. The maximum absolute atomic E-state index is 5.87. The molecule has 2 aromatic heterocycles. The van der Waals surface area contributed by atoms with Crippen molar-refractivity contribution in [2.75, 3.05) is 17.1 Å². The van der Waals surface area contributed by atoms with Crippen molar-refractivity contribution in [3.8, 4) is 0 Å². The molecule has 86 valence electrons. The summed E-state index contributed by atoms with van der Waals surface area (Å²) in [6, 6.07) is 0. The number of H-pyrrole nitrogens is 1. The first-order valence-electron chi connectivity index (χ1n) is 4.73. The number of fused-ring (bicyclic) bond motifs is 1. The number of aromatic amines is 1. The van der Waals surface area contributed by atoms with E-state index in [1.807, 2.05) is 6.92 Å². The molecule has 0 aliphatic carbocycles. The van der Waals surface area contributed by atoms with Crippen molar-refractivity contribution in [2.45, 2.75) is 12.5 Å². The van der Waals surface area contributed by atoms with Crippen LogP contribution in [-0.2, 0) is 0 Å². The number of alkyl halides is 2. The summed E-state index contributed by atoms with van der Waals surface area (Å²) < 4.78 is 0. The Labute approximate surface area is 103 Å². The lowest BCUT2D eigenvalue weighted by Crippen LogP contribution is -2.39. The molecule has 7 heteroatoms. The molecule has 0 saturated carbocycles. The van der Waals surface area contributed by atoms with Gasteiger partial charge in [0.05, 0.1) is 11.9 Å². The van der Waals surface area contributed by atoms with Crippen LogP contribution in [0.25, 0.3) is 11.2 Å². The van der Waals surface area contributed by atoms with Gasteiger partial charge < -0.3 is 10.3 Å². The van der Waals surface area contributed by atoms with Gasteiger partial charge in [-0.2, -0.15) is 0 Å². The summed E-state index contributed by atoms with van der Waals surface area (Å²) in [5.41, 5.74) is 0.961. The van der Waals surface area contributed by atoms with Crippen molar-refractivity contribution < 1.29 is 0 Å². The van der Waals surface area contributed by atoms with E-state index in [2.05, 4.69) is 25.3 Å². The molecule has 0 aliphatic rings. The van der Waals surface area contributed by atoms with Crippen LogP contribution in [0.1, 0.15) is 6.92 Å². The van der Waals surface area contributed by atoms with Crippen molar-refractivity contribution in [1.82, 2.24) is 19.9 Å². The van der Waals surface area contributed by atoms with E-state index in [1.54, 1.807) is 6.33 Å². The van der Waals surface area contributed by atoms with Crippen LogP contribution < -0.4 is 5.32 Å². The molecule has 0 bridgehead atoms. The van der Waals surface area contributed by atoms with Crippen LogP contribution in [-0.4, -0.2) is 37.2 Å². The Kier molecular flexibility index (Phi) is 3.16. The van der Waals surface area contributed by atoms with E-state index in [0.29, 0.717) is 23.2 Å². The van der Waals surface area contributed by atoms with Crippen LogP contribution in [0.4, 0.5) is 5.82 Å². The highest BCUT2D eigenvalue weighted by molar-refractivity contribution is 6.22. The third kappa shape index (κ3) is 2.05. The quantitative estimate of drug-likeness (QED) is 0.825. The summed E-state index contributed by atoms with van der Waals surface area (Å²) in [5.74, 6) is 1.43. The van der Waals surface area contributed by atoms with E-state index in [1.165, 1.54) is 6.33 Å². The number of nitrogens with zero attached hydrogens (tertiary/aromatic N) is 3. The minimum absolute atomic E-state index is 0.385. The molecule has 5 nitrogen and oxygen atoms in total. The zero-order valence-electron chi connectivity index (χ0n) is 8.67. The number of imidazole rings is 1. The molecule has 16 heavy (non-hydrogen) atoms. The highest BCUT2D eigenvalue weighted by Crippen LogP contribution is 2.21. The number of aromatic nitrogens is 4. The SMILES string of the molecule is CC(CCl)(CCl)Nc1ncnc2nc[nH]c12. The van der Waals surface area contributed by atoms with Crippen molar-refractivity contribution in [2.24, 2.45) is 0 Å². The van der Waals surface area contributed by atoms with Crippen molar-refractivity contribution in [1.29, 1.82) is 0 Å². The van der Waals surface area contributed by atoms with Gasteiger partial charge in [-0.1, -0.05) is 0 Å². The summed E-state index contributed by atoms with van der Waals surface area (Å²) in [6.45, 7) is 1.93. The molecule has 2 N–H and O–H groups in total. The van der Waals surface area contributed by atoms with Gasteiger partial charge in [0.25, 0.3) is 0 Å². The van der Waals surface area contributed by atoms with E-state index < -0.39 is 5.54 Å². The summed E-state index contributed by atoms with van der Waals surface area (Å²) >= 11 is 11.7. The van der Waals surface area contributed by atoms with Crippen LogP contribution in [0.2, 0.25) is 0 Å². The van der Waals surface area contributed by atoms with Gasteiger partial charge in [0.15, 0.2) is 11.5 Å². The number of nitrogens with one attached hydrogen (secondary N) is 2. The topological polar surface area (TPSA) is 66.5 Å². The Bertz CT molecular complexity index is 479. The second kappa shape index (κ2) is 4.43. The highest BCUT2D eigenvalue weighted by atomic mass is 35.5. The molecule has 0 saturated heterocycles. The largest absolute Gasteiger partial charge is 0.361 e. The van der Waals surface area contributed by atoms with Gasteiger partial charge in [-0.05, 0) is 6.92 Å². The predicted octanol–water partition coefficient (Wildman–Crippen LogP) is 2.00. The molecular weight excluding hydrogens is 249 g/mol. The maximum atomic E-state index is 5.87. The Balaban J connectivity index is 2.37. The lowest BCUT2D eigenvalue weighted by atomic mass is 10.1. The molecule has 0 aromatic carbocycles. The van der Waals surface area contributed by atoms with E-state index in [-0.39, 0.29) is 0 Å². The molecule has 0 fully saturated rings. The van der Waals surface area contributed by atoms with Gasteiger partial charge in [-0.15, -0.1) is 23.2 Å². The van der Waals surface area contributed by atoms with Crippen LogP contribution in [0.3, 0.4) is 0 Å². The molecular formula is C9H11Cl2N5. The highest BCUT2D eigenvalue weighted by Gasteiger charge is 2.23. The summed E-state index contributed by atoms with van der Waals surface area (Å²) in [4.78, 5) is 15.2. The Morgan fingerprint density at radius 2 is 2.06 bits per heavy atom. The third-order valence-electron chi connectivity index (χ3n) is 2.23. The zero-order valence-corrected chi connectivity index (χ0v) is 10.2. The molecule has 0 amide bonds.